The molecule has 0 heterocycles. The van der Waals surface area contributed by atoms with E-state index in [4.69, 9.17) is 0 Å². The van der Waals surface area contributed by atoms with Gasteiger partial charge in [0.2, 0.25) is 5.91 Å². The maximum Gasteiger partial charge on any atom is 0.220 e. The van der Waals surface area contributed by atoms with Crippen LogP contribution in [0.15, 0.2) is 122 Å². The van der Waals surface area contributed by atoms with Crippen LogP contribution in [0.3, 0.4) is 0 Å². The number of unbranched alkanes of at least 4 members (excludes halogenated alkanes) is 16. The Morgan fingerprint density at radius 1 is 0.417 bits per heavy atom. The number of hydrogen-bond acceptors (Lipinski definition) is 3. The number of hydrogen-bond donors (Lipinski definition) is 3. The van der Waals surface area contributed by atoms with Crippen molar-refractivity contribution >= 4 is 5.91 Å². The van der Waals surface area contributed by atoms with Crippen molar-refractivity contribution in [1.29, 1.82) is 0 Å². The summed E-state index contributed by atoms with van der Waals surface area (Å²) in [5.74, 6) is -0.0482. The standard InChI is InChI=1S/C56H93NO3/c1-3-5-7-9-11-13-14-15-16-17-18-19-20-21-22-23-24-25-26-27-28-29-30-31-32-33-34-35-36-37-38-39-40-41-42-44-46-48-50-52-56(60)57-54(53-58)55(59)51-49-47-45-43-12-10-8-6-4-2/h5,7,11,13,15-16,18-19,21-22,24-25,27-28,30-31,33-34,36-37,54-55,58-59H,3-4,6,8-10,12,14,17,20,23,26,29,32,35,38-53H2,1-2H3,(H,57,60)/b7-5-,13-11-,16-15-,19-18-,22-21-,25-24-,28-27-,31-30-,34-33-,37-36-. The van der Waals surface area contributed by atoms with E-state index in [1.807, 2.05) is 0 Å². The van der Waals surface area contributed by atoms with Crippen LogP contribution in [0.25, 0.3) is 0 Å². The molecule has 0 fully saturated rings. The first kappa shape index (κ1) is 56.8. The van der Waals surface area contributed by atoms with Crippen LogP contribution in [0, 0.1) is 0 Å². The minimum Gasteiger partial charge on any atom is -0.394 e. The molecule has 0 aliphatic carbocycles. The van der Waals surface area contributed by atoms with E-state index < -0.39 is 12.1 Å². The predicted octanol–water partition coefficient (Wildman–Crippen LogP) is 16.1. The quantitative estimate of drug-likeness (QED) is 0.0424. The summed E-state index contributed by atoms with van der Waals surface area (Å²) in [6.07, 6.45) is 77.3. The summed E-state index contributed by atoms with van der Waals surface area (Å²) in [6.45, 7) is 4.20. The third-order valence-electron chi connectivity index (χ3n) is 10.5. The third kappa shape index (κ3) is 45.9. The maximum absolute atomic E-state index is 12.4. The van der Waals surface area contributed by atoms with Crippen molar-refractivity contribution in [3.63, 3.8) is 0 Å². The first-order valence-corrected chi connectivity index (χ1v) is 24.7. The Kier molecular flexibility index (Phi) is 47.5. The fraction of sp³-hybridized carbons (Fsp3) is 0.625. The van der Waals surface area contributed by atoms with Crippen molar-refractivity contribution in [2.24, 2.45) is 0 Å². The van der Waals surface area contributed by atoms with Gasteiger partial charge >= 0.3 is 0 Å². The van der Waals surface area contributed by atoms with Crippen molar-refractivity contribution in [2.45, 2.75) is 219 Å². The van der Waals surface area contributed by atoms with Crippen LogP contribution in [0.1, 0.15) is 206 Å². The van der Waals surface area contributed by atoms with E-state index in [9.17, 15) is 15.0 Å². The highest BCUT2D eigenvalue weighted by atomic mass is 16.3. The smallest absolute Gasteiger partial charge is 0.220 e. The molecule has 2 unspecified atom stereocenters. The molecule has 0 aliphatic rings. The van der Waals surface area contributed by atoms with Gasteiger partial charge in [0.05, 0.1) is 18.8 Å². The zero-order chi connectivity index (χ0) is 43.5. The molecule has 0 bridgehead atoms. The molecule has 0 saturated carbocycles. The number of rotatable bonds is 43. The summed E-state index contributed by atoms with van der Waals surface area (Å²) in [5.41, 5.74) is 0. The molecule has 0 saturated heterocycles. The summed E-state index contributed by atoms with van der Waals surface area (Å²) in [5, 5.41) is 23.1. The van der Waals surface area contributed by atoms with Crippen molar-refractivity contribution in [3.8, 4) is 0 Å². The second-order valence-electron chi connectivity index (χ2n) is 16.2. The van der Waals surface area contributed by atoms with Gasteiger partial charge in [0, 0.05) is 6.42 Å². The number of carbonyl (C=O) groups is 1. The van der Waals surface area contributed by atoms with E-state index >= 15 is 0 Å². The average Bonchev–Trinajstić information content (AvgIpc) is 3.25. The highest BCUT2D eigenvalue weighted by Crippen LogP contribution is 2.14. The first-order valence-electron chi connectivity index (χ1n) is 24.7. The molecule has 60 heavy (non-hydrogen) atoms. The van der Waals surface area contributed by atoms with Crippen LogP contribution in [-0.2, 0) is 4.79 Å². The van der Waals surface area contributed by atoms with E-state index in [-0.39, 0.29) is 12.5 Å². The SMILES string of the molecule is CC/C=C\C/C=C\C/C=C\C/C=C\C/C=C\C/C=C\C/C=C\C/C=C\C/C=C\C/C=C\CCCCCCCCCCC(=O)NC(CO)C(O)CCCCCCCCCCC. The van der Waals surface area contributed by atoms with Gasteiger partial charge in [-0.15, -0.1) is 0 Å². The van der Waals surface area contributed by atoms with Crippen LogP contribution < -0.4 is 5.32 Å². The van der Waals surface area contributed by atoms with E-state index in [1.165, 1.54) is 83.5 Å². The third-order valence-corrected chi connectivity index (χ3v) is 10.5. The van der Waals surface area contributed by atoms with Crippen molar-refractivity contribution in [2.75, 3.05) is 6.61 Å². The highest BCUT2D eigenvalue weighted by Gasteiger charge is 2.20. The first-order chi connectivity index (χ1) is 29.7. The van der Waals surface area contributed by atoms with Crippen molar-refractivity contribution < 1.29 is 15.0 Å². The van der Waals surface area contributed by atoms with Gasteiger partial charge in [-0.1, -0.05) is 232 Å². The average molecular weight is 828 g/mol. The molecule has 3 N–H and O–H groups in total. The molecular weight excluding hydrogens is 735 g/mol. The molecule has 2 atom stereocenters. The number of aliphatic hydroxyl groups excluding tert-OH is 2. The zero-order valence-corrected chi connectivity index (χ0v) is 38.9. The van der Waals surface area contributed by atoms with Gasteiger partial charge in [-0.3, -0.25) is 4.79 Å². The Balaban J connectivity index is 3.62. The van der Waals surface area contributed by atoms with Gasteiger partial charge in [-0.25, -0.2) is 0 Å². The van der Waals surface area contributed by atoms with Crippen LogP contribution >= 0.6 is 0 Å². The van der Waals surface area contributed by atoms with Gasteiger partial charge in [0.1, 0.15) is 0 Å². The zero-order valence-electron chi connectivity index (χ0n) is 38.9. The monoisotopic (exact) mass is 828 g/mol. The summed E-state index contributed by atoms with van der Waals surface area (Å²) in [4.78, 5) is 12.4. The molecule has 1 amide bonds. The lowest BCUT2D eigenvalue weighted by atomic mass is 10.0. The maximum atomic E-state index is 12.4. The minimum atomic E-state index is -0.668. The lowest BCUT2D eigenvalue weighted by Gasteiger charge is -2.22. The van der Waals surface area contributed by atoms with Gasteiger partial charge < -0.3 is 15.5 Å². The largest absolute Gasteiger partial charge is 0.394 e. The molecule has 0 radical (unpaired) electrons. The van der Waals surface area contributed by atoms with Gasteiger partial charge in [-0.05, 0) is 89.9 Å². The molecule has 0 aromatic carbocycles. The summed E-state index contributed by atoms with van der Waals surface area (Å²) in [7, 11) is 0. The fourth-order valence-corrected chi connectivity index (χ4v) is 6.74. The second-order valence-corrected chi connectivity index (χ2v) is 16.2. The van der Waals surface area contributed by atoms with Crippen LogP contribution in [0.5, 0.6) is 0 Å². The van der Waals surface area contributed by atoms with Crippen LogP contribution in [0.4, 0.5) is 0 Å². The molecule has 0 aromatic heterocycles. The molecular formula is C56H93NO3. The Morgan fingerprint density at radius 2 is 0.733 bits per heavy atom. The Bertz CT molecular complexity index is 1210. The Hall–Kier alpha value is -3.21. The molecule has 340 valence electrons. The molecule has 0 aromatic rings. The topological polar surface area (TPSA) is 69.6 Å². The summed E-state index contributed by atoms with van der Waals surface area (Å²) < 4.78 is 0. The normalized spacial score (nSPS) is 14.0. The minimum absolute atomic E-state index is 0.0482. The van der Waals surface area contributed by atoms with E-state index in [2.05, 4.69) is 141 Å². The van der Waals surface area contributed by atoms with E-state index in [1.54, 1.807) is 0 Å². The van der Waals surface area contributed by atoms with Gasteiger partial charge in [0.25, 0.3) is 0 Å². The lowest BCUT2D eigenvalue weighted by Crippen LogP contribution is -2.45. The number of carbonyl (C=O) groups excluding carboxylic acids is 1. The number of nitrogens with one attached hydrogen (secondary N) is 1. The van der Waals surface area contributed by atoms with E-state index in [0.717, 1.165) is 96.3 Å². The molecule has 0 aliphatic heterocycles. The fourth-order valence-electron chi connectivity index (χ4n) is 6.74. The number of amides is 1. The molecule has 4 heteroatoms. The second kappa shape index (κ2) is 50.1. The molecule has 0 rings (SSSR count). The van der Waals surface area contributed by atoms with Crippen molar-refractivity contribution in [1.82, 2.24) is 5.32 Å². The lowest BCUT2D eigenvalue weighted by molar-refractivity contribution is -0.123. The molecule has 4 nitrogen and oxygen atoms in total. The van der Waals surface area contributed by atoms with Gasteiger partial charge in [-0.2, -0.15) is 0 Å². The number of allylic oxidation sites excluding steroid dienone is 20. The predicted molar refractivity (Wildman–Crippen MR) is 266 cm³/mol. The van der Waals surface area contributed by atoms with Crippen LogP contribution in [0.2, 0.25) is 0 Å². The van der Waals surface area contributed by atoms with Crippen LogP contribution in [-0.4, -0.2) is 34.9 Å². The Labute approximate surface area is 371 Å². The summed E-state index contributed by atoms with van der Waals surface area (Å²) in [6, 6.07) is -0.546. The molecule has 0 spiro atoms. The van der Waals surface area contributed by atoms with Gasteiger partial charge in [0.15, 0.2) is 0 Å². The highest BCUT2D eigenvalue weighted by molar-refractivity contribution is 5.76. The van der Waals surface area contributed by atoms with Crippen molar-refractivity contribution in [3.05, 3.63) is 122 Å². The summed E-state index contributed by atoms with van der Waals surface area (Å²) >= 11 is 0. The number of aliphatic hydroxyl groups is 2. The Morgan fingerprint density at radius 3 is 1.10 bits per heavy atom. The van der Waals surface area contributed by atoms with E-state index in [0.29, 0.717) is 12.8 Å².